The van der Waals surface area contributed by atoms with E-state index in [4.69, 9.17) is 0 Å². The molecule has 3 nitrogen and oxygen atoms in total. The summed E-state index contributed by atoms with van der Waals surface area (Å²) in [4.78, 5) is 15.9. The van der Waals surface area contributed by atoms with E-state index in [0.29, 0.717) is 12.1 Å². The third-order valence-corrected chi connectivity index (χ3v) is 3.79. The number of halogens is 1. The molecule has 0 fully saturated rings. The average molecular weight is 334 g/mol. The second-order valence-electron chi connectivity index (χ2n) is 4.96. The Kier molecular flexibility index (Phi) is 4.55. The molecule has 0 radical (unpaired) electrons. The van der Waals surface area contributed by atoms with Crippen molar-refractivity contribution < 1.29 is 9.90 Å². The summed E-state index contributed by atoms with van der Waals surface area (Å²) in [6.07, 6.45) is 2.14. The highest BCUT2D eigenvalue weighted by Gasteiger charge is 2.24. The number of pyridine rings is 1. The quantitative estimate of drug-likeness (QED) is 0.923. The van der Waals surface area contributed by atoms with Gasteiger partial charge in [0, 0.05) is 10.7 Å². The van der Waals surface area contributed by atoms with E-state index in [-0.39, 0.29) is 0 Å². The summed E-state index contributed by atoms with van der Waals surface area (Å²) in [6, 6.07) is 9.80. The molecular weight excluding hydrogens is 318 g/mol. The van der Waals surface area contributed by atoms with E-state index >= 15 is 0 Å². The highest BCUT2D eigenvalue weighted by atomic mass is 79.9. The van der Waals surface area contributed by atoms with Gasteiger partial charge in [0.15, 0.2) is 0 Å². The van der Waals surface area contributed by atoms with Crippen LogP contribution in [0.2, 0.25) is 0 Å². The lowest BCUT2D eigenvalue weighted by Gasteiger charge is -2.14. The number of aryl methyl sites for hydroxylation is 2. The smallest absolute Gasteiger partial charge is 0.312 e. The summed E-state index contributed by atoms with van der Waals surface area (Å²) >= 11 is 3.42. The molecule has 0 saturated carbocycles. The number of rotatable bonds is 4. The largest absolute Gasteiger partial charge is 0.481 e. The van der Waals surface area contributed by atoms with E-state index in [1.807, 2.05) is 44.2 Å². The topological polar surface area (TPSA) is 50.2 Å². The summed E-state index contributed by atoms with van der Waals surface area (Å²) in [5, 5.41) is 9.49. The summed E-state index contributed by atoms with van der Waals surface area (Å²) < 4.78 is 0.748. The Morgan fingerprint density at radius 2 is 2.05 bits per heavy atom. The minimum atomic E-state index is -0.858. The first kappa shape index (κ1) is 14.7. The number of hydrogen-bond acceptors (Lipinski definition) is 2. The standard InChI is InChI=1S/C16H16BrNO2/c1-10-4-3-5-12(6-10)8-13(16(19)20)15-14(17)7-11(2)9-18-15/h3-7,9,13H,8H2,1-2H3,(H,19,20). The number of carboxylic acid groups (broad SMARTS) is 1. The Bertz CT molecular complexity index is 640. The molecule has 1 aromatic heterocycles. The number of benzene rings is 1. The van der Waals surface area contributed by atoms with Crippen LogP contribution >= 0.6 is 15.9 Å². The fourth-order valence-corrected chi connectivity index (χ4v) is 2.92. The van der Waals surface area contributed by atoms with Crippen LogP contribution in [0.25, 0.3) is 0 Å². The normalized spacial score (nSPS) is 12.2. The van der Waals surface area contributed by atoms with Crippen molar-refractivity contribution in [2.75, 3.05) is 0 Å². The second-order valence-corrected chi connectivity index (χ2v) is 5.82. The second kappa shape index (κ2) is 6.18. The van der Waals surface area contributed by atoms with Gasteiger partial charge in [-0.25, -0.2) is 0 Å². The molecule has 1 atom stereocenters. The molecule has 0 spiro atoms. The number of carbonyl (C=O) groups is 1. The van der Waals surface area contributed by atoms with Crippen molar-refractivity contribution in [2.24, 2.45) is 0 Å². The van der Waals surface area contributed by atoms with Gasteiger partial charge in [0.1, 0.15) is 5.92 Å². The first-order valence-electron chi connectivity index (χ1n) is 6.38. The van der Waals surface area contributed by atoms with Crippen molar-refractivity contribution in [1.29, 1.82) is 0 Å². The Morgan fingerprint density at radius 3 is 2.65 bits per heavy atom. The third-order valence-electron chi connectivity index (χ3n) is 3.16. The van der Waals surface area contributed by atoms with Crippen LogP contribution in [0.5, 0.6) is 0 Å². The van der Waals surface area contributed by atoms with E-state index in [0.717, 1.165) is 21.2 Å². The van der Waals surface area contributed by atoms with Crippen LogP contribution in [0.3, 0.4) is 0 Å². The van der Waals surface area contributed by atoms with Gasteiger partial charge in [-0.05, 0) is 53.4 Å². The molecule has 2 aromatic rings. The van der Waals surface area contributed by atoms with Crippen LogP contribution in [0, 0.1) is 13.8 Å². The molecule has 4 heteroatoms. The van der Waals surface area contributed by atoms with Gasteiger partial charge in [0.05, 0.1) is 5.69 Å². The SMILES string of the molecule is Cc1cccc(CC(C(=O)O)c2ncc(C)cc2Br)c1. The lowest BCUT2D eigenvalue weighted by Crippen LogP contribution is -2.16. The molecule has 0 aliphatic carbocycles. The summed E-state index contributed by atoms with van der Waals surface area (Å²) in [6.45, 7) is 3.93. The zero-order valence-electron chi connectivity index (χ0n) is 11.4. The molecule has 0 aliphatic rings. The molecule has 0 bridgehead atoms. The first-order chi connectivity index (χ1) is 9.47. The minimum absolute atomic E-state index is 0.436. The van der Waals surface area contributed by atoms with Crippen LogP contribution in [-0.2, 0) is 11.2 Å². The number of nitrogens with zero attached hydrogens (tertiary/aromatic N) is 1. The Balaban J connectivity index is 2.34. The maximum absolute atomic E-state index is 11.6. The fraction of sp³-hybridized carbons (Fsp3) is 0.250. The first-order valence-corrected chi connectivity index (χ1v) is 7.17. The van der Waals surface area contributed by atoms with Crippen molar-refractivity contribution in [3.8, 4) is 0 Å². The van der Waals surface area contributed by atoms with Crippen molar-refractivity contribution in [3.05, 3.63) is 63.4 Å². The molecule has 1 N–H and O–H groups in total. The summed E-state index contributed by atoms with van der Waals surface area (Å²) in [7, 11) is 0. The highest BCUT2D eigenvalue weighted by molar-refractivity contribution is 9.10. The molecule has 0 aliphatic heterocycles. The van der Waals surface area contributed by atoms with E-state index in [1.54, 1.807) is 6.20 Å². The number of carboxylic acids is 1. The summed E-state index contributed by atoms with van der Waals surface area (Å²) in [5.74, 6) is -1.50. The van der Waals surface area contributed by atoms with Crippen molar-refractivity contribution >= 4 is 21.9 Å². The van der Waals surface area contributed by atoms with E-state index < -0.39 is 11.9 Å². The zero-order chi connectivity index (χ0) is 14.7. The van der Waals surface area contributed by atoms with Gasteiger partial charge in [-0.15, -0.1) is 0 Å². The molecular formula is C16H16BrNO2. The van der Waals surface area contributed by atoms with Crippen LogP contribution in [0.4, 0.5) is 0 Å². The molecule has 1 aromatic carbocycles. The van der Waals surface area contributed by atoms with Gasteiger partial charge in [-0.2, -0.15) is 0 Å². The van der Waals surface area contributed by atoms with Crippen molar-refractivity contribution in [3.63, 3.8) is 0 Å². The van der Waals surface area contributed by atoms with E-state index in [9.17, 15) is 9.90 Å². The lowest BCUT2D eigenvalue weighted by molar-refractivity contribution is -0.138. The van der Waals surface area contributed by atoms with Crippen LogP contribution in [0.15, 0.2) is 41.0 Å². The Morgan fingerprint density at radius 1 is 1.30 bits per heavy atom. The van der Waals surface area contributed by atoms with Gasteiger partial charge in [-0.3, -0.25) is 9.78 Å². The molecule has 104 valence electrons. The molecule has 2 rings (SSSR count). The predicted molar refractivity (Wildman–Crippen MR) is 81.9 cm³/mol. The monoisotopic (exact) mass is 333 g/mol. The molecule has 1 unspecified atom stereocenters. The third kappa shape index (κ3) is 3.45. The maximum Gasteiger partial charge on any atom is 0.312 e. The predicted octanol–water partition coefficient (Wildman–Crippen LogP) is 3.87. The van der Waals surface area contributed by atoms with Gasteiger partial charge in [0.2, 0.25) is 0 Å². The Labute approximate surface area is 126 Å². The number of aromatic nitrogens is 1. The van der Waals surface area contributed by atoms with Crippen LogP contribution in [0.1, 0.15) is 28.3 Å². The zero-order valence-corrected chi connectivity index (χ0v) is 13.0. The minimum Gasteiger partial charge on any atom is -0.481 e. The maximum atomic E-state index is 11.6. The highest BCUT2D eigenvalue weighted by Crippen LogP contribution is 2.27. The average Bonchev–Trinajstić information content (AvgIpc) is 2.36. The van der Waals surface area contributed by atoms with E-state index in [2.05, 4.69) is 20.9 Å². The van der Waals surface area contributed by atoms with Crippen molar-refractivity contribution in [2.45, 2.75) is 26.2 Å². The fourth-order valence-electron chi connectivity index (χ4n) is 2.18. The molecule has 0 saturated heterocycles. The van der Waals surface area contributed by atoms with Gasteiger partial charge in [-0.1, -0.05) is 29.8 Å². The molecule has 20 heavy (non-hydrogen) atoms. The van der Waals surface area contributed by atoms with Gasteiger partial charge in [0.25, 0.3) is 0 Å². The van der Waals surface area contributed by atoms with Crippen molar-refractivity contribution in [1.82, 2.24) is 4.98 Å². The molecule has 0 amide bonds. The summed E-state index contributed by atoms with van der Waals surface area (Å²) in [5.41, 5.74) is 3.71. The van der Waals surface area contributed by atoms with Crippen LogP contribution < -0.4 is 0 Å². The van der Waals surface area contributed by atoms with Crippen LogP contribution in [-0.4, -0.2) is 16.1 Å². The van der Waals surface area contributed by atoms with Gasteiger partial charge < -0.3 is 5.11 Å². The number of hydrogen-bond donors (Lipinski definition) is 1. The lowest BCUT2D eigenvalue weighted by atomic mass is 9.95. The number of aliphatic carboxylic acids is 1. The Hall–Kier alpha value is -1.68. The van der Waals surface area contributed by atoms with Gasteiger partial charge >= 0.3 is 5.97 Å². The van der Waals surface area contributed by atoms with E-state index in [1.165, 1.54) is 0 Å². The molecule has 1 heterocycles.